The van der Waals surface area contributed by atoms with E-state index in [1.807, 2.05) is 37.3 Å². The number of halogens is 2. The molecule has 2 nitrogen and oxygen atoms in total. The van der Waals surface area contributed by atoms with Gasteiger partial charge in [-0.15, -0.1) is 0 Å². The van der Waals surface area contributed by atoms with Crippen LogP contribution in [-0.4, -0.2) is 5.24 Å². The predicted molar refractivity (Wildman–Crippen MR) is 74.8 cm³/mol. The summed E-state index contributed by atoms with van der Waals surface area (Å²) in [6.07, 6.45) is 2.04. The number of rotatable bonds is 4. The summed E-state index contributed by atoms with van der Waals surface area (Å²) in [6.45, 7) is 1.83. The third-order valence-corrected chi connectivity index (χ3v) is 3.97. The minimum absolute atomic E-state index is 0.388. The predicted octanol–water partition coefficient (Wildman–Crippen LogP) is 4.31. The lowest BCUT2D eigenvalue weighted by molar-refractivity contribution is -0.116. The Labute approximate surface area is 119 Å². The Morgan fingerprint density at radius 2 is 2.00 bits per heavy atom. The maximum atomic E-state index is 11.8. The van der Waals surface area contributed by atoms with E-state index in [1.54, 1.807) is 12.3 Å². The van der Waals surface area contributed by atoms with E-state index in [9.17, 15) is 4.79 Å². The molecule has 1 atom stereocenters. The summed E-state index contributed by atoms with van der Waals surface area (Å²) in [6, 6.07) is 11.2. The molecule has 1 heterocycles. The molecule has 0 saturated carbocycles. The number of carbonyl (C=O) groups excluding carboxylic acids is 1. The zero-order valence-electron chi connectivity index (χ0n) is 9.82. The summed E-state index contributed by atoms with van der Waals surface area (Å²) in [5.41, 5.74) is 0.0993. The van der Waals surface area contributed by atoms with Crippen LogP contribution in [0, 0.1) is 0 Å². The molecule has 0 radical (unpaired) electrons. The van der Waals surface area contributed by atoms with E-state index >= 15 is 0 Å². The molecule has 0 aliphatic heterocycles. The van der Waals surface area contributed by atoms with Gasteiger partial charge in [0.05, 0.1) is 11.7 Å². The molecule has 1 unspecified atom stereocenters. The molecule has 0 aliphatic rings. The van der Waals surface area contributed by atoms with Crippen molar-refractivity contribution in [1.29, 1.82) is 0 Å². The second-order valence-corrected chi connectivity index (χ2v) is 5.63. The molecule has 1 aromatic carbocycles. The van der Waals surface area contributed by atoms with Crippen molar-refractivity contribution >= 4 is 32.8 Å². The number of hydrogen-bond donors (Lipinski definition) is 0. The highest BCUT2D eigenvalue weighted by atomic mass is 79.9. The zero-order valence-corrected chi connectivity index (χ0v) is 12.2. The Morgan fingerprint density at radius 3 is 2.50 bits per heavy atom. The third-order valence-electron chi connectivity index (χ3n) is 3.02. The molecule has 2 aromatic rings. The van der Waals surface area contributed by atoms with Gasteiger partial charge in [0.2, 0.25) is 5.24 Å². The monoisotopic (exact) mass is 326 g/mol. The minimum Gasteiger partial charge on any atom is -0.469 e. The van der Waals surface area contributed by atoms with Gasteiger partial charge in [-0.1, -0.05) is 28.1 Å². The third kappa shape index (κ3) is 2.68. The number of furan rings is 1. The molecule has 2 rings (SSSR count). The van der Waals surface area contributed by atoms with Crippen LogP contribution >= 0.6 is 27.5 Å². The summed E-state index contributed by atoms with van der Waals surface area (Å²) in [5.74, 6) is 0.745. The van der Waals surface area contributed by atoms with Crippen LogP contribution in [0.3, 0.4) is 0 Å². The highest BCUT2D eigenvalue weighted by Gasteiger charge is 2.35. The van der Waals surface area contributed by atoms with E-state index in [-0.39, 0.29) is 5.24 Å². The van der Waals surface area contributed by atoms with Gasteiger partial charge in [-0.25, -0.2) is 0 Å². The first kappa shape index (κ1) is 13.4. The molecule has 1 aromatic heterocycles. The fourth-order valence-electron chi connectivity index (χ4n) is 1.86. The molecule has 0 aliphatic carbocycles. The molecule has 0 spiro atoms. The fourth-order valence-corrected chi connectivity index (χ4v) is 2.30. The lowest BCUT2D eigenvalue weighted by atomic mass is 9.80. The second kappa shape index (κ2) is 5.29. The van der Waals surface area contributed by atoms with Crippen LogP contribution < -0.4 is 0 Å². The summed E-state index contributed by atoms with van der Waals surface area (Å²) >= 11 is 9.16. The van der Waals surface area contributed by atoms with Crippen LogP contribution in [-0.2, 0) is 16.6 Å². The highest BCUT2D eigenvalue weighted by Crippen LogP contribution is 2.31. The first-order valence-corrected chi connectivity index (χ1v) is 6.68. The van der Waals surface area contributed by atoms with Crippen LogP contribution in [0.15, 0.2) is 51.6 Å². The molecule has 0 fully saturated rings. The SMILES string of the molecule is CC(Cc1ccco1)(C(=O)Cl)c1ccc(Br)cc1. The fraction of sp³-hybridized carbons (Fsp3) is 0.214. The standard InChI is InChI=1S/C14H12BrClO2/c1-14(13(16)17,9-12-3-2-8-18-12)10-4-6-11(15)7-5-10/h2-8H,9H2,1H3. The molecule has 18 heavy (non-hydrogen) atoms. The first-order valence-electron chi connectivity index (χ1n) is 5.51. The molecular weight excluding hydrogens is 316 g/mol. The first-order chi connectivity index (χ1) is 8.52. The van der Waals surface area contributed by atoms with Crippen molar-refractivity contribution in [2.45, 2.75) is 18.8 Å². The van der Waals surface area contributed by atoms with E-state index < -0.39 is 5.41 Å². The Morgan fingerprint density at radius 1 is 1.33 bits per heavy atom. The maximum Gasteiger partial charge on any atom is 0.232 e. The summed E-state index contributed by atoms with van der Waals surface area (Å²) in [7, 11) is 0. The Balaban J connectivity index is 2.37. The van der Waals surface area contributed by atoms with Crippen LogP contribution in [0.2, 0.25) is 0 Å². The quantitative estimate of drug-likeness (QED) is 0.783. The largest absolute Gasteiger partial charge is 0.469 e. The van der Waals surface area contributed by atoms with Crippen LogP contribution in [0.4, 0.5) is 0 Å². The van der Waals surface area contributed by atoms with Crippen molar-refractivity contribution in [1.82, 2.24) is 0 Å². The van der Waals surface area contributed by atoms with Crippen LogP contribution in [0.25, 0.3) is 0 Å². The van der Waals surface area contributed by atoms with Gasteiger partial charge in [-0.2, -0.15) is 0 Å². The van der Waals surface area contributed by atoms with Crippen LogP contribution in [0.1, 0.15) is 18.2 Å². The van der Waals surface area contributed by atoms with Gasteiger partial charge in [0.15, 0.2) is 0 Å². The number of hydrogen-bond acceptors (Lipinski definition) is 2. The average Bonchev–Trinajstić information content (AvgIpc) is 2.82. The van der Waals surface area contributed by atoms with Crippen molar-refractivity contribution < 1.29 is 9.21 Å². The molecule has 0 saturated heterocycles. The molecule has 0 bridgehead atoms. The Bertz CT molecular complexity index is 533. The van der Waals surface area contributed by atoms with Gasteiger partial charge in [0.25, 0.3) is 0 Å². The summed E-state index contributed by atoms with van der Waals surface area (Å²) < 4.78 is 6.27. The lowest BCUT2D eigenvalue weighted by Crippen LogP contribution is -2.31. The Kier molecular flexibility index (Phi) is 3.93. The number of carbonyl (C=O) groups is 1. The van der Waals surface area contributed by atoms with Crippen molar-refractivity contribution in [2.24, 2.45) is 0 Å². The number of benzene rings is 1. The average molecular weight is 328 g/mol. The van der Waals surface area contributed by atoms with Gasteiger partial charge < -0.3 is 4.42 Å². The van der Waals surface area contributed by atoms with Gasteiger partial charge >= 0.3 is 0 Å². The highest BCUT2D eigenvalue weighted by molar-refractivity contribution is 9.10. The maximum absolute atomic E-state index is 11.8. The summed E-state index contributed by atoms with van der Waals surface area (Å²) in [5, 5.41) is -0.388. The van der Waals surface area contributed by atoms with E-state index in [4.69, 9.17) is 16.0 Å². The second-order valence-electron chi connectivity index (χ2n) is 4.37. The smallest absolute Gasteiger partial charge is 0.232 e. The van der Waals surface area contributed by atoms with Gasteiger partial charge in [0, 0.05) is 10.9 Å². The topological polar surface area (TPSA) is 30.2 Å². The van der Waals surface area contributed by atoms with Crippen LogP contribution in [0.5, 0.6) is 0 Å². The normalized spacial score (nSPS) is 14.2. The van der Waals surface area contributed by atoms with E-state index in [0.717, 1.165) is 15.8 Å². The van der Waals surface area contributed by atoms with Crippen molar-refractivity contribution in [3.63, 3.8) is 0 Å². The van der Waals surface area contributed by atoms with Crippen molar-refractivity contribution in [3.8, 4) is 0 Å². The molecule has 0 N–H and O–H groups in total. The zero-order chi connectivity index (χ0) is 13.2. The molecular formula is C14H12BrClO2. The Hall–Kier alpha value is -1.06. The van der Waals surface area contributed by atoms with Gasteiger partial charge in [-0.05, 0) is 48.4 Å². The van der Waals surface area contributed by atoms with Gasteiger partial charge in [-0.3, -0.25) is 4.79 Å². The lowest BCUT2D eigenvalue weighted by Gasteiger charge is -2.25. The van der Waals surface area contributed by atoms with E-state index in [1.165, 1.54) is 0 Å². The minimum atomic E-state index is -0.778. The van der Waals surface area contributed by atoms with Crippen molar-refractivity contribution in [3.05, 3.63) is 58.5 Å². The van der Waals surface area contributed by atoms with Crippen molar-refractivity contribution in [2.75, 3.05) is 0 Å². The summed E-state index contributed by atoms with van der Waals surface area (Å²) in [4.78, 5) is 11.8. The molecule has 94 valence electrons. The van der Waals surface area contributed by atoms with E-state index in [0.29, 0.717) is 6.42 Å². The van der Waals surface area contributed by atoms with E-state index in [2.05, 4.69) is 15.9 Å². The van der Waals surface area contributed by atoms with Gasteiger partial charge in [0.1, 0.15) is 5.76 Å². The molecule has 0 amide bonds. The molecule has 4 heteroatoms.